The Kier molecular flexibility index (Phi) is 14.2. The number of carbonyl (C=O) groups excluding carboxylic acids is 1. The summed E-state index contributed by atoms with van der Waals surface area (Å²) in [6.45, 7) is 3.96. The molecule has 9 nitrogen and oxygen atoms in total. The van der Waals surface area contributed by atoms with E-state index in [0.29, 0.717) is 30.7 Å². The van der Waals surface area contributed by atoms with Crippen molar-refractivity contribution in [2.45, 2.75) is 64.3 Å². The number of rotatable bonds is 20. The van der Waals surface area contributed by atoms with Crippen molar-refractivity contribution in [2.75, 3.05) is 54.5 Å². The fourth-order valence-corrected chi connectivity index (χ4v) is 4.95. The lowest BCUT2D eigenvalue weighted by atomic mass is 10.1. The van der Waals surface area contributed by atoms with Crippen LogP contribution in [0.4, 0.5) is 0 Å². The summed E-state index contributed by atoms with van der Waals surface area (Å²) in [4.78, 5) is 11.3. The Bertz CT molecular complexity index is 842. The van der Waals surface area contributed by atoms with E-state index in [1.165, 1.54) is 30.6 Å². The maximum atomic E-state index is 12.6. The lowest BCUT2D eigenvalue weighted by Crippen LogP contribution is -2.55. The van der Waals surface area contributed by atoms with Crippen LogP contribution >= 0.6 is 0 Å². The van der Waals surface area contributed by atoms with Crippen molar-refractivity contribution < 1.29 is 32.3 Å². The Balaban J connectivity index is 2.54. The molecule has 1 atom stereocenters. The van der Waals surface area contributed by atoms with Gasteiger partial charge in [-0.1, -0.05) is 32.3 Å². The summed E-state index contributed by atoms with van der Waals surface area (Å²) in [6, 6.07) is 6.90. The second-order valence-corrected chi connectivity index (χ2v) is 11.6. The molecule has 10 heteroatoms. The number of carboxylic acid groups (broad SMARTS) is 1. The molecule has 0 fully saturated rings. The molecule has 0 radical (unpaired) electrons. The molecule has 0 bridgehead atoms. The second kappa shape index (κ2) is 16.0. The van der Waals surface area contributed by atoms with Gasteiger partial charge in [0, 0.05) is 32.0 Å². The number of quaternary nitrogens is 1. The summed E-state index contributed by atoms with van der Waals surface area (Å²) in [6.07, 6.45) is 6.35. The van der Waals surface area contributed by atoms with Gasteiger partial charge in [-0.3, -0.25) is 0 Å². The second-order valence-electron chi connectivity index (χ2n) is 9.82. The SMILES string of the molecule is CCCCCCOc1cccc(OCCCCCN([C@H](CC(=O)[O-])C[N+](C)(C)C)S(=O)(=O)NC)c1. The highest BCUT2D eigenvalue weighted by Crippen LogP contribution is 2.20. The van der Waals surface area contributed by atoms with Gasteiger partial charge in [-0.05, 0) is 37.8 Å². The minimum Gasteiger partial charge on any atom is -0.550 e. The number of ether oxygens (including phenoxy) is 2. The maximum Gasteiger partial charge on any atom is 0.279 e. The molecule has 0 saturated carbocycles. The number of nitrogens with zero attached hydrogens (tertiary/aromatic N) is 2. The maximum absolute atomic E-state index is 12.6. The van der Waals surface area contributed by atoms with Crippen LogP contribution in [0.15, 0.2) is 24.3 Å². The van der Waals surface area contributed by atoms with E-state index in [9.17, 15) is 18.3 Å². The minimum atomic E-state index is -3.79. The largest absolute Gasteiger partial charge is 0.550 e. The number of likely N-dealkylation sites (N-methyl/N-ethyl adjacent to an activating group) is 1. The fraction of sp³-hybridized carbons (Fsp3) is 0.720. The standard InChI is InChI=1S/C25H45N3O6S/c1-6-7-8-11-17-33-23-14-13-15-24(20-23)34-18-12-9-10-16-27(35(31,32)26-2)22(19-25(29)30)21-28(3,4)5/h13-15,20,22,26H,6-12,16-19,21H2,1-5H3/t22-/m1/s1. The highest BCUT2D eigenvalue weighted by molar-refractivity contribution is 7.87. The van der Waals surface area contributed by atoms with Crippen molar-refractivity contribution in [1.29, 1.82) is 0 Å². The zero-order chi connectivity index (χ0) is 26.3. The van der Waals surface area contributed by atoms with Gasteiger partial charge in [-0.2, -0.15) is 12.7 Å². The van der Waals surface area contributed by atoms with Crippen molar-refractivity contribution in [1.82, 2.24) is 9.03 Å². The van der Waals surface area contributed by atoms with Gasteiger partial charge in [0.2, 0.25) is 0 Å². The van der Waals surface area contributed by atoms with Crippen LogP contribution in [0.5, 0.6) is 11.5 Å². The Hall–Kier alpha value is -1.88. The number of carbonyl (C=O) groups is 1. The van der Waals surface area contributed by atoms with E-state index >= 15 is 0 Å². The Labute approximate surface area is 212 Å². The number of nitrogens with one attached hydrogen (secondary N) is 1. The molecule has 0 saturated heterocycles. The summed E-state index contributed by atoms with van der Waals surface area (Å²) < 4.78 is 40.9. The number of unbranched alkanes of at least 4 members (excludes halogenated alkanes) is 5. The molecular weight excluding hydrogens is 470 g/mol. The first-order chi connectivity index (χ1) is 16.5. The third-order valence-corrected chi connectivity index (χ3v) is 7.11. The highest BCUT2D eigenvalue weighted by Gasteiger charge is 2.32. The Morgan fingerprint density at radius 1 is 1.03 bits per heavy atom. The first-order valence-corrected chi connectivity index (χ1v) is 14.0. The molecule has 1 rings (SSSR count). The van der Waals surface area contributed by atoms with Gasteiger partial charge >= 0.3 is 0 Å². The molecule has 0 aliphatic heterocycles. The Morgan fingerprint density at radius 2 is 1.60 bits per heavy atom. The van der Waals surface area contributed by atoms with Crippen LogP contribution in [-0.2, 0) is 15.0 Å². The van der Waals surface area contributed by atoms with E-state index in [2.05, 4.69) is 11.6 Å². The van der Waals surface area contributed by atoms with Crippen molar-refractivity contribution in [3.05, 3.63) is 24.3 Å². The molecule has 0 aliphatic rings. The molecule has 0 amide bonds. The number of hydrogen-bond donors (Lipinski definition) is 1. The average Bonchev–Trinajstić information content (AvgIpc) is 2.77. The number of benzene rings is 1. The summed E-state index contributed by atoms with van der Waals surface area (Å²) >= 11 is 0. The van der Waals surface area contributed by atoms with E-state index in [1.807, 2.05) is 45.4 Å². The molecule has 1 aromatic carbocycles. The predicted octanol–water partition coefficient (Wildman–Crippen LogP) is 2.18. The molecule has 202 valence electrons. The molecule has 0 aromatic heterocycles. The van der Waals surface area contributed by atoms with Gasteiger partial charge in [0.15, 0.2) is 0 Å². The smallest absolute Gasteiger partial charge is 0.279 e. The lowest BCUT2D eigenvalue weighted by Gasteiger charge is -2.35. The Morgan fingerprint density at radius 3 is 2.09 bits per heavy atom. The molecule has 1 N–H and O–H groups in total. The van der Waals surface area contributed by atoms with Crippen molar-refractivity contribution in [3.63, 3.8) is 0 Å². The van der Waals surface area contributed by atoms with Crippen molar-refractivity contribution >= 4 is 16.2 Å². The van der Waals surface area contributed by atoms with Gasteiger partial charge in [0.1, 0.15) is 11.5 Å². The van der Waals surface area contributed by atoms with Gasteiger partial charge in [0.05, 0.1) is 46.9 Å². The highest BCUT2D eigenvalue weighted by atomic mass is 32.2. The molecule has 0 heterocycles. The first kappa shape index (κ1) is 31.2. The van der Waals surface area contributed by atoms with Gasteiger partial charge in [-0.25, -0.2) is 4.72 Å². The van der Waals surface area contributed by atoms with E-state index in [4.69, 9.17) is 9.47 Å². The van der Waals surface area contributed by atoms with Crippen LogP contribution in [0, 0.1) is 0 Å². The van der Waals surface area contributed by atoms with Gasteiger partial charge in [0.25, 0.3) is 10.2 Å². The normalized spacial score (nSPS) is 13.1. The fourth-order valence-electron chi connectivity index (χ4n) is 3.81. The first-order valence-electron chi connectivity index (χ1n) is 12.5. The summed E-state index contributed by atoms with van der Waals surface area (Å²) in [5.41, 5.74) is 0. The van der Waals surface area contributed by atoms with Crippen molar-refractivity contribution in [3.8, 4) is 11.5 Å². The third-order valence-electron chi connectivity index (χ3n) is 5.50. The average molecular weight is 516 g/mol. The molecule has 0 spiro atoms. The van der Waals surface area contributed by atoms with E-state index in [0.717, 1.165) is 30.8 Å². The molecule has 0 aliphatic carbocycles. The third kappa shape index (κ3) is 13.7. The van der Waals surface area contributed by atoms with Crippen LogP contribution in [-0.4, -0.2) is 83.7 Å². The van der Waals surface area contributed by atoms with Crippen LogP contribution < -0.4 is 19.3 Å². The van der Waals surface area contributed by atoms with Crippen LogP contribution in [0.3, 0.4) is 0 Å². The van der Waals surface area contributed by atoms with E-state index in [1.54, 1.807) is 0 Å². The number of hydrogen-bond acceptors (Lipinski definition) is 6. The lowest BCUT2D eigenvalue weighted by molar-refractivity contribution is -0.872. The summed E-state index contributed by atoms with van der Waals surface area (Å²) in [5.74, 6) is 0.274. The quantitative estimate of drug-likeness (QED) is 0.211. The summed E-state index contributed by atoms with van der Waals surface area (Å²) in [5, 5.41) is 11.3. The van der Waals surface area contributed by atoms with E-state index < -0.39 is 22.2 Å². The topological polar surface area (TPSA) is 108 Å². The molecule has 35 heavy (non-hydrogen) atoms. The zero-order valence-corrected chi connectivity index (χ0v) is 22.9. The van der Waals surface area contributed by atoms with Crippen LogP contribution in [0.25, 0.3) is 0 Å². The van der Waals surface area contributed by atoms with Crippen LogP contribution in [0.1, 0.15) is 58.3 Å². The number of carboxylic acids is 1. The van der Waals surface area contributed by atoms with Crippen molar-refractivity contribution in [2.24, 2.45) is 0 Å². The van der Waals surface area contributed by atoms with Gasteiger partial charge < -0.3 is 23.9 Å². The molecular formula is C25H45N3O6S. The molecule has 0 unspecified atom stereocenters. The number of aliphatic carboxylic acids is 1. The van der Waals surface area contributed by atoms with Crippen LogP contribution in [0.2, 0.25) is 0 Å². The zero-order valence-electron chi connectivity index (χ0n) is 22.1. The molecule has 1 aromatic rings. The predicted molar refractivity (Wildman–Crippen MR) is 136 cm³/mol. The van der Waals surface area contributed by atoms with Gasteiger partial charge in [-0.15, -0.1) is 0 Å². The monoisotopic (exact) mass is 515 g/mol. The van der Waals surface area contributed by atoms with E-state index in [-0.39, 0.29) is 13.0 Å². The summed E-state index contributed by atoms with van der Waals surface area (Å²) in [7, 11) is 3.24. The minimum absolute atomic E-state index is 0.225.